The summed E-state index contributed by atoms with van der Waals surface area (Å²) in [6, 6.07) is 10.8. The molecule has 162 valence electrons. The van der Waals surface area contributed by atoms with Crippen LogP contribution in [0, 0.1) is 6.92 Å². The van der Waals surface area contributed by atoms with Gasteiger partial charge in [0.05, 0.1) is 24.0 Å². The summed E-state index contributed by atoms with van der Waals surface area (Å²) in [6.45, 7) is 1.78. The number of carbonyl (C=O) groups excluding carboxylic acids is 1. The highest BCUT2D eigenvalue weighted by molar-refractivity contribution is 7.99. The summed E-state index contributed by atoms with van der Waals surface area (Å²) in [7, 11) is -2.59. The number of nitrogens with zero attached hydrogens (tertiary/aromatic N) is 1. The molecule has 0 saturated heterocycles. The summed E-state index contributed by atoms with van der Waals surface area (Å²) in [5.41, 5.74) is 0.502. The Morgan fingerprint density at radius 3 is 2.58 bits per heavy atom. The summed E-state index contributed by atoms with van der Waals surface area (Å²) in [6.07, 6.45) is 0.986. The van der Waals surface area contributed by atoms with Crippen LogP contribution >= 0.6 is 23.4 Å². The molecule has 0 saturated carbocycles. The van der Waals surface area contributed by atoms with Crippen LogP contribution in [0.5, 0.6) is 5.75 Å². The molecule has 0 unspecified atom stereocenters. The maximum Gasteiger partial charge on any atom is 0.270 e. The number of amides is 1. The van der Waals surface area contributed by atoms with Crippen LogP contribution in [0.3, 0.4) is 0 Å². The molecule has 0 bridgehead atoms. The number of anilines is 1. The topological polar surface area (TPSA) is 118 Å². The van der Waals surface area contributed by atoms with Gasteiger partial charge in [0.1, 0.15) is 5.75 Å². The van der Waals surface area contributed by atoms with E-state index in [1.54, 1.807) is 25.1 Å². The van der Waals surface area contributed by atoms with Crippen molar-refractivity contribution in [1.82, 2.24) is 9.97 Å². The number of H-pyrrole nitrogens is 1. The predicted molar refractivity (Wildman–Crippen MR) is 119 cm³/mol. The number of thioether (sulfide) groups is 1. The monoisotopic (exact) mass is 479 g/mol. The van der Waals surface area contributed by atoms with Crippen molar-refractivity contribution in [3.63, 3.8) is 0 Å². The number of hydrogen-bond donors (Lipinski definition) is 2. The molecule has 0 fully saturated rings. The third-order valence-electron chi connectivity index (χ3n) is 4.28. The van der Waals surface area contributed by atoms with Crippen molar-refractivity contribution < 1.29 is 17.9 Å². The van der Waals surface area contributed by atoms with Crippen molar-refractivity contribution in [2.24, 2.45) is 0 Å². The van der Waals surface area contributed by atoms with Crippen LogP contribution in [0.25, 0.3) is 0 Å². The summed E-state index contributed by atoms with van der Waals surface area (Å²) >= 11 is 7.01. The van der Waals surface area contributed by atoms with Crippen molar-refractivity contribution in [3.05, 3.63) is 69.6 Å². The fourth-order valence-corrected chi connectivity index (χ4v) is 4.62. The number of aromatic nitrogens is 2. The van der Waals surface area contributed by atoms with Crippen LogP contribution in [-0.4, -0.2) is 37.2 Å². The van der Waals surface area contributed by atoms with Gasteiger partial charge in [-0.05, 0) is 48.9 Å². The molecule has 3 rings (SSSR count). The summed E-state index contributed by atoms with van der Waals surface area (Å²) in [5, 5.41) is 3.39. The van der Waals surface area contributed by atoms with E-state index in [0.29, 0.717) is 16.5 Å². The van der Waals surface area contributed by atoms with Crippen molar-refractivity contribution in [2.75, 3.05) is 18.2 Å². The largest absolute Gasteiger partial charge is 0.497 e. The number of nitrogens with one attached hydrogen (secondary N) is 2. The number of halogens is 1. The minimum Gasteiger partial charge on any atom is -0.497 e. The summed E-state index contributed by atoms with van der Waals surface area (Å²) in [4.78, 5) is 30.4. The Bertz CT molecular complexity index is 1270. The van der Waals surface area contributed by atoms with Crippen molar-refractivity contribution >= 4 is 44.8 Å². The van der Waals surface area contributed by atoms with E-state index in [9.17, 15) is 18.0 Å². The van der Waals surface area contributed by atoms with Crippen molar-refractivity contribution in [2.45, 2.75) is 21.9 Å². The van der Waals surface area contributed by atoms with E-state index in [1.165, 1.54) is 31.4 Å². The van der Waals surface area contributed by atoms with Gasteiger partial charge in [-0.2, -0.15) is 0 Å². The molecule has 0 aliphatic carbocycles. The Morgan fingerprint density at radius 1 is 1.23 bits per heavy atom. The number of hydrogen-bond acceptors (Lipinski definition) is 7. The first-order valence-corrected chi connectivity index (χ1v) is 11.7. The lowest BCUT2D eigenvalue weighted by Gasteiger charge is -2.09. The minimum absolute atomic E-state index is 0.0422. The van der Waals surface area contributed by atoms with Crippen LogP contribution in [0.15, 0.2) is 68.4 Å². The molecule has 8 nitrogen and oxygen atoms in total. The predicted octanol–water partition coefficient (Wildman–Crippen LogP) is 3.30. The quantitative estimate of drug-likeness (QED) is 0.394. The van der Waals surface area contributed by atoms with Crippen LogP contribution in [0.4, 0.5) is 5.69 Å². The second-order valence-corrected chi connectivity index (χ2v) is 9.60. The van der Waals surface area contributed by atoms with Gasteiger partial charge in [0, 0.05) is 10.7 Å². The van der Waals surface area contributed by atoms with Gasteiger partial charge in [-0.3, -0.25) is 9.59 Å². The number of aromatic amines is 1. The molecule has 0 radical (unpaired) electrons. The second kappa shape index (κ2) is 9.54. The van der Waals surface area contributed by atoms with Crippen LogP contribution in [0.1, 0.15) is 5.56 Å². The van der Waals surface area contributed by atoms with E-state index in [4.69, 9.17) is 16.3 Å². The normalized spacial score (nSPS) is 11.2. The SMILES string of the molecule is COc1ccc(S(=O)(=O)c2cnc(SCC(=O)Nc3cccc(Cl)c3C)[nH]c2=O)cc1. The smallest absolute Gasteiger partial charge is 0.270 e. The molecule has 2 aromatic carbocycles. The molecule has 31 heavy (non-hydrogen) atoms. The molecule has 0 aliphatic rings. The first-order valence-electron chi connectivity index (χ1n) is 8.88. The minimum atomic E-state index is -4.06. The fraction of sp³-hybridized carbons (Fsp3) is 0.150. The first-order chi connectivity index (χ1) is 14.7. The third kappa shape index (κ3) is 5.27. The Morgan fingerprint density at radius 2 is 1.94 bits per heavy atom. The van der Waals surface area contributed by atoms with Gasteiger partial charge >= 0.3 is 0 Å². The number of rotatable bonds is 7. The lowest BCUT2D eigenvalue weighted by molar-refractivity contribution is -0.113. The molecular formula is C20H18ClN3O5S2. The maximum absolute atomic E-state index is 12.7. The molecule has 0 spiro atoms. The highest BCUT2D eigenvalue weighted by atomic mass is 35.5. The van der Waals surface area contributed by atoms with E-state index in [1.807, 2.05) is 0 Å². The van der Waals surface area contributed by atoms with Gasteiger partial charge in [0.2, 0.25) is 15.7 Å². The molecule has 1 amide bonds. The van der Waals surface area contributed by atoms with E-state index in [0.717, 1.165) is 23.5 Å². The lowest BCUT2D eigenvalue weighted by Crippen LogP contribution is -2.20. The average Bonchev–Trinajstić information content (AvgIpc) is 2.75. The Hall–Kier alpha value is -2.82. The maximum atomic E-state index is 12.7. The lowest BCUT2D eigenvalue weighted by atomic mass is 10.2. The summed E-state index contributed by atoms with van der Waals surface area (Å²) < 4.78 is 30.4. The highest BCUT2D eigenvalue weighted by Gasteiger charge is 2.22. The van der Waals surface area contributed by atoms with E-state index in [2.05, 4.69) is 15.3 Å². The number of sulfone groups is 1. The van der Waals surface area contributed by atoms with Crippen LogP contribution in [-0.2, 0) is 14.6 Å². The Balaban J connectivity index is 1.71. The van der Waals surface area contributed by atoms with Crippen molar-refractivity contribution in [1.29, 1.82) is 0 Å². The van der Waals surface area contributed by atoms with Gasteiger partial charge in [-0.1, -0.05) is 29.4 Å². The van der Waals surface area contributed by atoms with Crippen molar-refractivity contribution in [3.8, 4) is 5.75 Å². The van der Waals surface area contributed by atoms with Gasteiger partial charge in [-0.25, -0.2) is 13.4 Å². The third-order valence-corrected chi connectivity index (χ3v) is 7.34. The average molecular weight is 480 g/mol. The van der Waals surface area contributed by atoms with Gasteiger partial charge < -0.3 is 15.0 Å². The molecule has 2 N–H and O–H groups in total. The fourth-order valence-electron chi connectivity index (χ4n) is 2.58. The van der Waals surface area contributed by atoms with Crippen LogP contribution < -0.4 is 15.6 Å². The van der Waals surface area contributed by atoms with Gasteiger partial charge in [0.15, 0.2) is 10.1 Å². The number of methoxy groups -OCH3 is 1. The first kappa shape index (κ1) is 22.9. The number of benzene rings is 2. The number of carbonyl (C=O) groups is 1. The Kier molecular flexibility index (Phi) is 7.04. The number of ether oxygens (including phenoxy) is 1. The van der Waals surface area contributed by atoms with E-state index >= 15 is 0 Å². The van der Waals surface area contributed by atoms with Gasteiger partial charge in [0.25, 0.3) is 5.56 Å². The zero-order valence-electron chi connectivity index (χ0n) is 16.5. The Labute approximate surface area is 187 Å². The molecule has 3 aromatic rings. The summed E-state index contributed by atoms with van der Waals surface area (Å²) in [5.74, 6) is 0.122. The molecular weight excluding hydrogens is 462 g/mol. The van der Waals surface area contributed by atoms with Crippen LogP contribution in [0.2, 0.25) is 5.02 Å². The standard InChI is InChI=1S/C20H18ClN3O5S2/c1-12-15(21)4-3-5-16(12)23-18(25)11-30-20-22-10-17(19(26)24-20)31(27,28)14-8-6-13(29-2)7-9-14/h3-10H,11H2,1-2H3,(H,23,25)(H,22,24,26). The highest BCUT2D eigenvalue weighted by Crippen LogP contribution is 2.24. The molecule has 1 aromatic heterocycles. The van der Waals surface area contributed by atoms with Gasteiger partial charge in [-0.15, -0.1) is 0 Å². The van der Waals surface area contributed by atoms with E-state index in [-0.39, 0.29) is 21.7 Å². The van der Waals surface area contributed by atoms with E-state index < -0.39 is 20.3 Å². The molecule has 1 heterocycles. The second-order valence-electron chi connectivity index (χ2n) is 6.31. The molecule has 0 atom stereocenters. The molecule has 0 aliphatic heterocycles. The molecule has 11 heteroatoms. The zero-order valence-corrected chi connectivity index (χ0v) is 18.9. The zero-order chi connectivity index (χ0) is 22.6.